The lowest BCUT2D eigenvalue weighted by Crippen LogP contribution is -2.13. The summed E-state index contributed by atoms with van der Waals surface area (Å²) >= 11 is 0. The van der Waals surface area contributed by atoms with Gasteiger partial charge < -0.3 is 9.84 Å². The molecule has 6 nitrogen and oxygen atoms in total. The minimum atomic E-state index is 0.552. The van der Waals surface area contributed by atoms with E-state index < -0.39 is 0 Å². The van der Waals surface area contributed by atoms with E-state index in [2.05, 4.69) is 34.4 Å². The summed E-state index contributed by atoms with van der Waals surface area (Å²) in [7, 11) is 0. The molecule has 2 aromatic rings. The van der Waals surface area contributed by atoms with Crippen molar-refractivity contribution in [2.24, 2.45) is 0 Å². The van der Waals surface area contributed by atoms with Crippen LogP contribution in [0.1, 0.15) is 35.6 Å². The van der Waals surface area contributed by atoms with Crippen LogP contribution < -0.4 is 5.32 Å². The molecule has 1 N–H and O–H groups in total. The SMILES string of the molecule is CCNCc1c(C)nn(Cc2noc(C)n2)c1C. The fourth-order valence-electron chi connectivity index (χ4n) is 1.93. The maximum absolute atomic E-state index is 4.96. The number of nitrogens with one attached hydrogen (secondary N) is 1. The molecule has 0 amide bonds. The highest BCUT2D eigenvalue weighted by Gasteiger charge is 2.13. The summed E-state index contributed by atoms with van der Waals surface area (Å²) in [5, 5.41) is 11.7. The van der Waals surface area contributed by atoms with Crippen molar-refractivity contribution in [1.29, 1.82) is 0 Å². The second-order valence-electron chi connectivity index (χ2n) is 4.32. The van der Waals surface area contributed by atoms with Gasteiger partial charge in [-0.25, -0.2) is 0 Å². The van der Waals surface area contributed by atoms with Crippen LogP contribution in [-0.4, -0.2) is 26.5 Å². The van der Waals surface area contributed by atoms with Gasteiger partial charge in [0.25, 0.3) is 0 Å². The topological polar surface area (TPSA) is 68.8 Å². The monoisotopic (exact) mass is 249 g/mol. The van der Waals surface area contributed by atoms with E-state index in [0.717, 1.165) is 24.5 Å². The first-order valence-corrected chi connectivity index (χ1v) is 6.14. The van der Waals surface area contributed by atoms with E-state index in [4.69, 9.17) is 4.52 Å². The fraction of sp³-hybridized carbons (Fsp3) is 0.583. The first-order chi connectivity index (χ1) is 8.61. The zero-order valence-electron chi connectivity index (χ0n) is 11.3. The second-order valence-corrected chi connectivity index (χ2v) is 4.32. The van der Waals surface area contributed by atoms with Crippen molar-refractivity contribution in [3.63, 3.8) is 0 Å². The van der Waals surface area contributed by atoms with Crippen molar-refractivity contribution in [1.82, 2.24) is 25.2 Å². The van der Waals surface area contributed by atoms with E-state index >= 15 is 0 Å². The fourth-order valence-corrected chi connectivity index (χ4v) is 1.93. The first-order valence-electron chi connectivity index (χ1n) is 6.14. The van der Waals surface area contributed by atoms with Gasteiger partial charge in [0.2, 0.25) is 5.89 Å². The normalized spacial score (nSPS) is 11.1. The molecule has 0 saturated carbocycles. The largest absolute Gasteiger partial charge is 0.340 e. The van der Waals surface area contributed by atoms with Crippen molar-refractivity contribution in [2.45, 2.75) is 40.8 Å². The lowest BCUT2D eigenvalue weighted by molar-refractivity contribution is 0.385. The molecule has 0 saturated heterocycles. The highest BCUT2D eigenvalue weighted by atomic mass is 16.5. The Morgan fingerprint density at radius 1 is 1.28 bits per heavy atom. The first kappa shape index (κ1) is 12.8. The van der Waals surface area contributed by atoms with Crippen LogP contribution in [0.25, 0.3) is 0 Å². The molecule has 2 rings (SSSR count). The van der Waals surface area contributed by atoms with Gasteiger partial charge in [0, 0.05) is 24.7 Å². The van der Waals surface area contributed by atoms with Gasteiger partial charge in [-0.1, -0.05) is 12.1 Å². The number of rotatable bonds is 5. The molecule has 2 heterocycles. The predicted octanol–water partition coefficient (Wildman–Crippen LogP) is 1.35. The highest BCUT2D eigenvalue weighted by molar-refractivity contribution is 5.24. The summed E-state index contributed by atoms with van der Waals surface area (Å²) < 4.78 is 6.89. The average molecular weight is 249 g/mol. The zero-order chi connectivity index (χ0) is 13.1. The van der Waals surface area contributed by atoms with Crippen LogP contribution in [0.3, 0.4) is 0 Å². The average Bonchev–Trinajstić information content (AvgIpc) is 2.84. The summed E-state index contributed by atoms with van der Waals surface area (Å²) in [5.41, 5.74) is 3.45. The van der Waals surface area contributed by atoms with E-state index in [0.29, 0.717) is 18.3 Å². The Balaban J connectivity index is 2.18. The van der Waals surface area contributed by atoms with Crippen molar-refractivity contribution in [3.8, 4) is 0 Å². The number of nitrogens with zero attached hydrogens (tertiary/aromatic N) is 4. The number of hydrogen-bond donors (Lipinski definition) is 1. The molecule has 0 bridgehead atoms. The van der Waals surface area contributed by atoms with Crippen LogP contribution in [0.4, 0.5) is 0 Å². The molecule has 0 radical (unpaired) electrons. The highest BCUT2D eigenvalue weighted by Crippen LogP contribution is 2.13. The summed E-state index contributed by atoms with van der Waals surface area (Å²) in [4.78, 5) is 4.19. The van der Waals surface area contributed by atoms with Crippen molar-refractivity contribution < 1.29 is 4.52 Å². The van der Waals surface area contributed by atoms with E-state index in [-0.39, 0.29) is 0 Å². The maximum Gasteiger partial charge on any atom is 0.223 e. The molecule has 0 unspecified atom stereocenters. The summed E-state index contributed by atoms with van der Waals surface area (Å²) in [5.74, 6) is 1.24. The van der Waals surface area contributed by atoms with Crippen molar-refractivity contribution in [3.05, 3.63) is 28.7 Å². The molecule has 0 aliphatic heterocycles. The summed E-state index contributed by atoms with van der Waals surface area (Å²) in [6.07, 6.45) is 0. The van der Waals surface area contributed by atoms with E-state index in [1.54, 1.807) is 6.92 Å². The zero-order valence-corrected chi connectivity index (χ0v) is 11.3. The molecule has 0 atom stereocenters. The Hall–Kier alpha value is -1.69. The van der Waals surface area contributed by atoms with Gasteiger partial charge in [-0.05, 0) is 20.4 Å². The number of aryl methyl sites for hydroxylation is 2. The lowest BCUT2D eigenvalue weighted by atomic mass is 10.2. The van der Waals surface area contributed by atoms with E-state index in [1.807, 2.05) is 11.6 Å². The molecule has 98 valence electrons. The smallest absolute Gasteiger partial charge is 0.223 e. The van der Waals surface area contributed by atoms with Gasteiger partial charge in [-0.2, -0.15) is 10.1 Å². The van der Waals surface area contributed by atoms with Gasteiger partial charge in [-0.15, -0.1) is 0 Å². The van der Waals surface area contributed by atoms with Gasteiger partial charge in [-0.3, -0.25) is 4.68 Å². The molecule has 0 spiro atoms. The third-order valence-corrected chi connectivity index (χ3v) is 2.94. The Morgan fingerprint density at radius 2 is 2.06 bits per heavy atom. The van der Waals surface area contributed by atoms with Gasteiger partial charge in [0.05, 0.1) is 5.69 Å². The minimum absolute atomic E-state index is 0.552. The quantitative estimate of drug-likeness (QED) is 0.866. The van der Waals surface area contributed by atoms with Gasteiger partial charge in [0.15, 0.2) is 5.82 Å². The van der Waals surface area contributed by atoms with Crippen LogP contribution >= 0.6 is 0 Å². The standard InChI is InChI=1S/C12H19N5O/c1-5-13-6-11-8(2)15-17(9(11)3)7-12-14-10(4)18-16-12/h13H,5-7H2,1-4H3. The van der Waals surface area contributed by atoms with Crippen LogP contribution in [0, 0.1) is 20.8 Å². The van der Waals surface area contributed by atoms with E-state index in [9.17, 15) is 0 Å². The molecular weight excluding hydrogens is 230 g/mol. The molecular formula is C12H19N5O. The predicted molar refractivity (Wildman–Crippen MR) is 67.2 cm³/mol. The van der Waals surface area contributed by atoms with Crippen LogP contribution in [-0.2, 0) is 13.1 Å². The molecule has 6 heteroatoms. The van der Waals surface area contributed by atoms with Crippen LogP contribution in [0.2, 0.25) is 0 Å². The Labute approximate surface area is 106 Å². The van der Waals surface area contributed by atoms with Crippen LogP contribution in [0.5, 0.6) is 0 Å². The minimum Gasteiger partial charge on any atom is -0.340 e. The lowest BCUT2D eigenvalue weighted by Gasteiger charge is -2.03. The number of aromatic nitrogens is 4. The molecule has 2 aromatic heterocycles. The molecule has 0 fully saturated rings. The molecule has 18 heavy (non-hydrogen) atoms. The molecule has 0 aliphatic rings. The van der Waals surface area contributed by atoms with Crippen LogP contribution in [0.15, 0.2) is 4.52 Å². The Morgan fingerprint density at radius 3 is 2.67 bits per heavy atom. The third-order valence-electron chi connectivity index (χ3n) is 2.94. The second kappa shape index (κ2) is 5.30. The molecule has 0 aromatic carbocycles. The van der Waals surface area contributed by atoms with Crippen molar-refractivity contribution >= 4 is 0 Å². The summed E-state index contributed by atoms with van der Waals surface area (Å²) in [6, 6.07) is 0. The van der Waals surface area contributed by atoms with Crippen molar-refractivity contribution in [2.75, 3.05) is 6.54 Å². The van der Waals surface area contributed by atoms with Gasteiger partial charge in [0.1, 0.15) is 6.54 Å². The van der Waals surface area contributed by atoms with E-state index in [1.165, 1.54) is 5.56 Å². The summed E-state index contributed by atoms with van der Waals surface area (Å²) in [6.45, 7) is 10.3. The maximum atomic E-state index is 4.96. The van der Waals surface area contributed by atoms with Gasteiger partial charge >= 0.3 is 0 Å². The Kier molecular flexibility index (Phi) is 3.76. The Bertz CT molecular complexity index is 529. The number of hydrogen-bond acceptors (Lipinski definition) is 5. The molecule has 0 aliphatic carbocycles. The third kappa shape index (κ3) is 2.59.